The standard InChI is InChI=1S/C19H31NO/c1-14(2)11-16-7-5-9-18(12-16)20-15(3)17-8-6-10-19(13-17)21-4/h6,8,10,13-16,18,20H,5,7,9,11-12H2,1-4H3/t15-,16?,18?/m0/s1. The van der Waals surface area contributed by atoms with E-state index in [4.69, 9.17) is 4.74 Å². The average molecular weight is 289 g/mol. The van der Waals surface area contributed by atoms with Gasteiger partial charge in [-0.2, -0.15) is 0 Å². The summed E-state index contributed by atoms with van der Waals surface area (Å²) in [6.45, 7) is 6.95. The summed E-state index contributed by atoms with van der Waals surface area (Å²) in [4.78, 5) is 0. The van der Waals surface area contributed by atoms with E-state index in [1.807, 2.05) is 6.07 Å². The molecular formula is C19H31NO. The molecule has 1 aliphatic carbocycles. The van der Waals surface area contributed by atoms with Gasteiger partial charge >= 0.3 is 0 Å². The molecule has 3 atom stereocenters. The summed E-state index contributed by atoms with van der Waals surface area (Å²) in [5, 5.41) is 3.83. The molecule has 2 nitrogen and oxygen atoms in total. The lowest BCUT2D eigenvalue weighted by Gasteiger charge is -2.33. The maximum absolute atomic E-state index is 5.33. The molecule has 1 N–H and O–H groups in total. The van der Waals surface area contributed by atoms with Crippen LogP contribution < -0.4 is 10.1 Å². The van der Waals surface area contributed by atoms with Gasteiger partial charge in [-0.3, -0.25) is 0 Å². The third kappa shape index (κ3) is 5.03. The summed E-state index contributed by atoms with van der Waals surface area (Å²) in [5.74, 6) is 2.68. The summed E-state index contributed by atoms with van der Waals surface area (Å²) < 4.78 is 5.33. The van der Waals surface area contributed by atoms with Crippen molar-refractivity contribution in [2.24, 2.45) is 11.8 Å². The summed E-state index contributed by atoms with van der Waals surface area (Å²) in [6, 6.07) is 9.48. The number of methoxy groups -OCH3 is 1. The normalized spacial score (nSPS) is 24.0. The number of ether oxygens (including phenoxy) is 1. The first-order chi connectivity index (χ1) is 10.1. The number of benzene rings is 1. The van der Waals surface area contributed by atoms with E-state index < -0.39 is 0 Å². The van der Waals surface area contributed by atoms with Crippen LogP contribution in [0.2, 0.25) is 0 Å². The van der Waals surface area contributed by atoms with Crippen LogP contribution in [-0.2, 0) is 0 Å². The number of hydrogen-bond acceptors (Lipinski definition) is 2. The lowest BCUT2D eigenvalue weighted by atomic mass is 9.81. The molecule has 2 rings (SSSR count). The summed E-state index contributed by atoms with van der Waals surface area (Å²) in [6.07, 6.45) is 6.84. The molecule has 0 amide bonds. The molecule has 118 valence electrons. The van der Waals surface area contributed by atoms with Gasteiger partial charge < -0.3 is 10.1 Å². The average Bonchev–Trinajstić information content (AvgIpc) is 2.47. The van der Waals surface area contributed by atoms with E-state index in [2.05, 4.69) is 44.3 Å². The van der Waals surface area contributed by atoms with Crippen molar-refractivity contribution in [1.29, 1.82) is 0 Å². The fraction of sp³-hybridized carbons (Fsp3) is 0.684. The number of rotatable bonds is 6. The molecule has 0 bridgehead atoms. The van der Waals surface area contributed by atoms with E-state index in [-0.39, 0.29) is 0 Å². The zero-order valence-electron chi connectivity index (χ0n) is 14.1. The van der Waals surface area contributed by atoms with Crippen molar-refractivity contribution in [3.05, 3.63) is 29.8 Å². The zero-order valence-corrected chi connectivity index (χ0v) is 14.1. The van der Waals surface area contributed by atoms with Gasteiger partial charge in [-0.05, 0) is 55.7 Å². The maximum Gasteiger partial charge on any atom is 0.119 e. The van der Waals surface area contributed by atoms with Gasteiger partial charge in [0, 0.05) is 12.1 Å². The third-order valence-electron chi connectivity index (χ3n) is 4.67. The van der Waals surface area contributed by atoms with Crippen LogP contribution in [0.15, 0.2) is 24.3 Å². The molecular weight excluding hydrogens is 258 g/mol. The minimum Gasteiger partial charge on any atom is -0.497 e. The first-order valence-corrected chi connectivity index (χ1v) is 8.48. The Morgan fingerprint density at radius 1 is 1.24 bits per heavy atom. The molecule has 1 fully saturated rings. The van der Waals surface area contributed by atoms with E-state index in [1.165, 1.54) is 37.7 Å². The summed E-state index contributed by atoms with van der Waals surface area (Å²) >= 11 is 0. The second-order valence-corrected chi connectivity index (χ2v) is 7.02. The van der Waals surface area contributed by atoms with Crippen LogP contribution >= 0.6 is 0 Å². The molecule has 21 heavy (non-hydrogen) atoms. The quantitative estimate of drug-likeness (QED) is 0.800. The Kier molecular flexibility index (Phi) is 6.10. The molecule has 0 heterocycles. The van der Waals surface area contributed by atoms with Crippen molar-refractivity contribution in [3.8, 4) is 5.75 Å². The Balaban J connectivity index is 1.90. The maximum atomic E-state index is 5.33. The van der Waals surface area contributed by atoms with Gasteiger partial charge in [0.25, 0.3) is 0 Å². The summed E-state index contributed by atoms with van der Waals surface area (Å²) in [5.41, 5.74) is 1.32. The van der Waals surface area contributed by atoms with Gasteiger partial charge in [-0.25, -0.2) is 0 Å². The van der Waals surface area contributed by atoms with Crippen molar-refractivity contribution in [2.75, 3.05) is 7.11 Å². The van der Waals surface area contributed by atoms with Gasteiger partial charge in [-0.15, -0.1) is 0 Å². The highest BCUT2D eigenvalue weighted by Crippen LogP contribution is 2.31. The summed E-state index contributed by atoms with van der Waals surface area (Å²) in [7, 11) is 1.73. The van der Waals surface area contributed by atoms with Crippen LogP contribution in [0.25, 0.3) is 0 Å². The van der Waals surface area contributed by atoms with Crippen LogP contribution in [0, 0.1) is 11.8 Å². The Morgan fingerprint density at radius 2 is 2.05 bits per heavy atom. The van der Waals surface area contributed by atoms with E-state index in [1.54, 1.807) is 7.11 Å². The van der Waals surface area contributed by atoms with E-state index >= 15 is 0 Å². The van der Waals surface area contributed by atoms with Gasteiger partial charge in [0.05, 0.1) is 7.11 Å². The molecule has 2 unspecified atom stereocenters. The zero-order chi connectivity index (χ0) is 15.2. The Hall–Kier alpha value is -1.02. The van der Waals surface area contributed by atoms with Crippen LogP contribution in [0.3, 0.4) is 0 Å². The number of nitrogens with one attached hydrogen (secondary N) is 1. The van der Waals surface area contributed by atoms with Crippen molar-refractivity contribution in [2.45, 2.75) is 65.0 Å². The highest BCUT2D eigenvalue weighted by molar-refractivity contribution is 5.30. The molecule has 0 aromatic heterocycles. The number of hydrogen-bond donors (Lipinski definition) is 1. The van der Waals surface area contributed by atoms with E-state index in [0.717, 1.165) is 17.6 Å². The smallest absolute Gasteiger partial charge is 0.119 e. The van der Waals surface area contributed by atoms with Crippen molar-refractivity contribution >= 4 is 0 Å². The molecule has 0 saturated heterocycles. The van der Waals surface area contributed by atoms with Gasteiger partial charge in [0.2, 0.25) is 0 Å². The van der Waals surface area contributed by atoms with Gasteiger partial charge in [0.15, 0.2) is 0 Å². The third-order valence-corrected chi connectivity index (χ3v) is 4.67. The lowest BCUT2D eigenvalue weighted by molar-refractivity contribution is 0.242. The van der Waals surface area contributed by atoms with Gasteiger partial charge in [0.1, 0.15) is 5.75 Å². The monoisotopic (exact) mass is 289 g/mol. The Labute approximate surface area is 130 Å². The fourth-order valence-corrected chi connectivity index (χ4v) is 3.68. The minimum absolute atomic E-state index is 0.392. The van der Waals surface area contributed by atoms with Crippen molar-refractivity contribution in [3.63, 3.8) is 0 Å². The van der Waals surface area contributed by atoms with Crippen LogP contribution in [-0.4, -0.2) is 13.2 Å². The molecule has 1 aromatic rings. The van der Waals surface area contributed by atoms with Crippen LogP contribution in [0.4, 0.5) is 0 Å². The first kappa shape index (κ1) is 16.4. The Bertz CT molecular complexity index is 429. The van der Waals surface area contributed by atoms with Crippen molar-refractivity contribution in [1.82, 2.24) is 5.32 Å². The van der Waals surface area contributed by atoms with Crippen LogP contribution in [0.1, 0.15) is 64.5 Å². The first-order valence-electron chi connectivity index (χ1n) is 8.48. The van der Waals surface area contributed by atoms with E-state index in [9.17, 15) is 0 Å². The molecule has 0 aliphatic heterocycles. The lowest BCUT2D eigenvalue weighted by Crippen LogP contribution is -2.36. The molecule has 0 spiro atoms. The SMILES string of the molecule is COc1cccc([C@H](C)NC2CCCC(CC(C)C)C2)c1. The molecule has 0 radical (unpaired) electrons. The molecule has 1 saturated carbocycles. The van der Waals surface area contributed by atoms with Crippen LogP contribution in [0.5, 0.6) is 5.75 Å². The van der Waals surface area contributed by atoms with E-state index in [0.29, 0.717) is 12.1 Å². The predicted octanol–water partition coefficient (Wildman–Crippen LogP) is 4.95. The second-order valence-electron chi connectivity index (χ2n) is 7.02. The highest BCUT2D eigenvalue weighted by atomic mass is 16.5. The molecule has 1 aromatic carbocycles. The molecule has 1 aliphatic rings. The highest BCUT2D eigenvalue weighted by Gasteiger charge is 2.23. The Morgan fingerprint density at radius 3 is 2.76 bits per heavy atom. The minimum atomic E-state index is 0.392. The fourth-order valence-electron chi connectivity index (χ4n) is 3.68. The van der Waals surface area contributed by atoms with Crippen molar-refractivity contribution < 1.29 is 4.74 Å². The predicted molar refractivity (Wildman–Crippen MR) is 89.7 cm³/mol. The largest absolute Gasteiger partial charge is 0.497 e. The topological polar surface area (TPSA) is 21.3 Å². The molecule has 2 heteroatoms. The second kappa shape index (κ2) is 7.84. The van der Waals surface area contributed by atoms with Gasteiger partial charge in [-0.1, -0.05) is 38.8 Å².